The summed E-state index contributed by atoms with van der Waals surface area (Å²) in [5, 5.41) is 14.1. The maximum atomic E-state index is 12.8. The zero-order chi connectivity index (χ0) is 17.6. The van der Waals surface area contributed by atoms with Gasteiger partial charge in [0.05, 0.1) is 0 Å². The van der Waals surface area contributed by atoms with Gasteiger partial charge in [-0.15, -0.1) is 10.2 Å². The van der Waals surface area contributed by atoms with Crippen LogP contribution in [-0.2, 0) is 31.9 Å². The van der Waals surface area contributed by atoms with E-state index < -0.39 is 0 Å². The molecule has 2 aromatic rings. The molecule has 0 spiro atoms. The topological polar surface area (TPSA) is 68.8 Å². The standard InChI is InChI=1S/C17H24N6OS/c1-21-15(18-19-17(21)25-3)14-12-10-23(9-8-13(12)22(2)20-14)16(24)11-6-4-5-7-11/h11H,4-10H2,1-3H3. The minimum absolute atomic E-state index is 0.222. The van der Waals surface area contributed by atoms with Crippen LogP contribution in [0, 0.1) is 5.92 Å². The van der Waals surface area contributed by atoms with Crippen LogP contribution in [0.5, 0.6) is 0 Å². The van der Waals surface area contributed by atoms with Crippen molar-refractivity contribution >= 4 is 17.7 Å². The summed E-state index contributed by atoms with van der Waals surface area (Å²) in [7, 11) is 3.94. The quantitative estimate of drug-likeness (QED) is 0.783. The molecule has 0 atom stereocenters. The second-order valence-electron chi connectivity index (χ2n) is 6.96. The average molecular weight is 360 g/mol. The third kappa shape index (κ3) is 2.76. The first-order valence-electron chi connectivity index (χ1n) is 8.87. The van der Waals surface area contributed by atoms with E-state index in [1.54, 1.807) is 11.8 Å². The van der Waals surface area contributed by atoms with Crippen molar-refractivity contribution in [2.75, 3.05) is 12.8 Å². The average Bonchev–Trinajstić information content (AvgIpc) is 3.34. The number of carbonyl (C=O) groups is 1. The molecule has 1 saturated carbocycles. The molecule has 4 rings (SSSR count). The van der Waals surface area contributed by atoms with E-state index in [0.717, 1.165) is 48.0 Å². The number of rotatable bonds is 3. The molecular formula is C17H24N6OS. The molecule has 1 fully saturated rings. The van der Waals surface area contributed by atoms with Crippen LogP contribution in [0.15, 0.2) is 5.16 Å². The first kappa shape index (κ1) is 16.6. The van der Waals surface area contributed by atoms with E-state index in [-0.39, 0.29) is 5.92 Å². The van der Waals surface area contributed by atoms with Gasteiger partial charge in [-0.25, -0.2) is 0 Å². The molecule has 1 amide bonds. The van der Waals surface area contributed by atoms with Gasteiger partial charge in [0.15, 0.2) is 11.0 Å². The van der Waals surface area contributed by atoms with Crippen LogP contribution in [0.1, 0.15) is 36.9 Å². The number of thioether (sulfide) groups is 1. The lowest BCUT2D eigenvalue weighted by atomic mass is 10.0. The van der Waals surface area contributed by atoms with E-state index in [1.807, 2.05) is 34.5 Å². The van der Waals surface area contributed by atoms with E-state index in [4.69, 9.17) is 5.10 Å². The number of carbonyl (C=O) groups excluding carboxylic acids is 1. The van der Waals surface area contributed by atoms with Crippen LogP contribution in [-0.4, -0.2) is 48.2 Å². The third-order valence-corrected chi connectivity index (χ3v) is 6.21. The Morgan fingerprint density at radius 3 is 2.64 bits per heavy atom. The molecule has 8 heteroatoms. The normalized spacial score (nSPS) is 18.0. The number of hydrogen-bond donors (Lipinski definition) is 0. The number of amides is 1. The summed E-state index contributed by atoms with van der Waals surface area (Å²) in [6, 6.07) is 0. The maximum Gasteiger partial charge on any atom is 0.225 e. The van der Waals surface area contributed by atoms with Crippen LogP contribution in [0.4, 0.5) is 0 Å². The highest BCUT2D eigenvalue weighted by Gasteiger charge is 2.33. The molecule has 2 aromatic heterocycles. The van der Waals surface area contributed by atoms with Crippen molar-refractivity contribution < 1.29 is 4.79 Å². The SMILES string of the molecule is CSc1nnc(-c2nn(C)c3c2CN(C(=O)C2CCCC2)CC3)n1C. The largest absolute Gasteiger partial charge is 0.338 e. The number of hydrogen-bond acceptors (Lipinski definition) is 5. The van der Waals surface area contributed by atoms with Crippen molar-refractivity contribution in [3.05, 3.63) is 11.3 Å². The van der Waals surface area contributed by atoms with Gasteiger partial charge in [-0.3, -0.25) is 9.48 Å². The molecule has 0 aromatic carbocycles. The number of fused-ring (bicyclic) bond motifs is 1. The third-order valence-electron chi connectivity index (χ3n) is 5.49. The summed E-state index contributed by atoms with van der Waals surface area (Å²) in [5.41, 5.74) is 3.19. The molecule has 1 aliphatic carbocycles. The maximum absolute atomic E-state index is 12.8. The smallest absolute Gasteiger partial charge is 0.225 e. The van der Waals surface area contributed by atoms with Crippen molar-refractivity contribution in [1.29, 1.82) is 0 Å². The van der Waals surface area contributed by atoms with Gasteiger partial charge in [0.1, 0.15) is 5.69 Å². The number of aromatic nitrogens is 5. The number of nitrogens with zero attached hydrogens (tertiary/aromatic N) is 6. The van der Waals surface area contributed by atoms with Gasteiger partial charge in [-0.05, 0) is 19.1 Å². The molecule has 0 N–H and O–H groups in total. The molecular weight excluding hydrogens is 336 g/mol. The Labute approximate surface area is 151 Å². The first-order valence-corrected chi connectivity index (χ1v) is 10.1. The van der Waals surface area contributed by atoms with Crippen LogP contribution in [0.2, 0.25) is 0 Å². The highest BCUT2D eigenvalue weighted by atomic mass is 32.2. The van der Waals surface area contributed by atoms with Gasteiger partial charge in [-0.2, -0.15) is 5.10 Å². The van der Waals surface area contributed by atoms with E-state index in [2.05, 4.69) is 10.2 Å². The molecule has 0 bridgehead atoms. The highest BCUT2D eigenvalue weighted by molar-refractivity contribution is 7.98. The van der Waals surface area contributed by atoms with Crippen molar-refractivity contribution in [2.45, 2.75) is 43.8 Å². The van der Waals surface area contributed by atoms with Gasteiger partial charge in [0.25, 0.3) is 0 Å². The van der Waals surface area contributed by atoms with Crippen LogP contribution in [0.3, 0.4) is 0 Å². The number of aryl methyl sites for hydroxylation is 1. The Morgan fingerprint density at radius 2 is 1.96 bits per heavy atom. The predicted molar refractivity (Wildman–Crippen MR) is 96.1 cm³/mol. The van der Waals surface area contributed by atoms with Gasteiger partial charge in [0, 0.05) is 50.8 Å². The molecule has 0 unspecified atom stereocenters. The molecule has 134 valence electrons. The van der Waals surface area contributed by atoms with Gasteiger partial charge >= 0.3 is 0 Å². The summed E-state index contributed by atoms with van der Waals surface area (Å²) >= 11 is 1.57. The molecule has 3 heterocycles. The van der Waals surface area contributed by atoms with E-state index >= 15 is 0 Å². The summed E-state index contributed by atoms with van der Waals surface area (Å²) in [4.78, 5) is 14.9. The first-order chi connectivity index (χ1) is 12.1. The Balaban J connectivity index is 1.66. The van der Waals surface area contributed by atoms with Gasteiger partial charge in [-0.1, -0.05) is 24.6 Å². The predicted octanol–water partition coefficient (Wildman–Crippen LogP) is 2.01. The van der Waals surface area contributed by atoms with Crippen molar-refractivity contribution in [1.82, 2.24) is 29.4 Å². The van der Waals surface area contributed by atoms with E-state index in [9.17, 15) is 4.79 Å². The zero-order valence-corrected chi connectivity index (χ0v) is 15.8. The summed E-state index contributed by atoms with van der Waals surface area (Å²) < 4.78 is 3.92. The van der Waals surface area contributed by atoms with Gasteiger partial charge in [0.2, 0.25) is 5.91 Å². The molecule has 0 radical (unpaired) electrons. The molecule has 2 aliphatic rings. The van der Waals surface area contributed by atoms with Crippen molar-refractivity contribution in [3.63, 3.8) is 0 Å². The Hall–Kier alpha value is -1.83. The summed E-state index contributed by atoms with van der Waals surface area (Å²) in [5.74, 6) is 1.32. The minimum Gasteiger partial charge on any atom is -0.338 e. The van der Waals surface area contributed by atoms with Crippen LogP contribution in [0.25, 0.3) is 11.5 Å². The Bertz CT molecular complexity index is 804. The fourth-order valence-corrected chi connectivity index (χ4v) is 4.57. The Morgan fingerprint density at radius 1 is 1.20 bits per heavy atom. The molecule has 25 heavy (non-hydrogen) atoms. The zero-order valence-electron chi connectivity index (χ0n) is 15.0. The Kier molecular flexibility index (Phi) is 4.31. The second kappa shape index (κ2) is 6.48. The second-order valence-corrected chi connectivity index (χ2v) is 7.73. The van der Waals surface area contributed by atoms with E-state index in [0.29, 0.717) is 12.5 Å². The molecule has 7 nitrogen and oxygen atoms in total. The monoisotopic (exact) mass is 360 g/mol. The van der Waals surface area contributed by atoms with Gasteiger partial charge < -0.3 is 9.47 Å². The van der Waals surface area contributed by atoms with Crippen molar-refractivity contribution in [3.8, 4) is 11.5 Å². The summed E-state index contributed by atoms with van der Waals surface area (Å²) in [6.07, 6.45) is 7.30. The lowest BCUT2D eigenvalue weighted by molar-refractivity contribution is -0.136. The minimum atomic E-state index is 0.222. The van der Waals surface area contributed by atoms with E-state index in [1.165, 1.54) is 18.5 Å². The highest BCUT2D eigenvalue weighted by Crippen LogP contribution is 2.32. The molecule has 1 aliphatic heterocycles. The summed E-state index contributed by atoms with van der Waals surface area (Å²) in [6.45, 7) is 1.42. The van der Waals surface area contributed by atoms with Crippen LogP contribution >= 0.6 is 11.8 Å². The lowest BCUT2D eigenvalue weighted by Gasteiger charge is -2.29. The fraction of sp³-hybridized carbons (Fsp3) is 0.647. The molecule has 0 saturated heterocycles. The lowest BCUT2D eigenvalue weighted by Crippen LogP contribution is -2.39. The van der Waals surface area contributed by atoms with Crippen LogP contribution < -0.4 is 0 Å². The fourth-order valence-electron chi connectivity index (χ4n) is 4.09. The van der Waals surface area contributed by atoms with Crippen molar-refractivity contribution in [2.24, 2.45) is 20.0 Å².